The van der Waals surface area contributed by atoms with Crippen molar-refractivity contribution in [1.82, 2.24) is 19.6 Å². The van der Waals surface area contributed by atoms with Gasteiger partial charge in [0.2, 0.25) is 11.8 Å². The molecule has 57 heavy (non-hydrogen) atoms. The highest BCUT2D eigenvalue weighted by Gasteiger charge is 2.28. The molecule has 0 unspecified atom stereocenters. The Morgan fingerprint density at radius 1 is 0.596 bits per heavy atom. The number of rotatable bonds is 9. The molecular formula is C41H42F4N4O8. The molecule has 1 N–H and O–H groups in total. The second-order valence-electron chi connectivity index (χ2n) is 13.3. The third-order valence-corrected chi connectivity index (χ3v) is 9.51. The molecule has 12 nitrogen and oxygen atoms in total. The quantitative estimate of drug-likeness (QED) is 0.199. The Morgan fingerprint density at radius 3 is 1.46 bits per heavy atom. The zero-order chi connectivity index (χ0) is 41.6. The summed E-state index contributed by atoms with van der Waals surface area (Å²) in [4.78, 5) is 54.4. The SMILES string of the molecule is CCc1cc(O)c(Oc2ccc(C(=O)N3CCN(C)C(=O)C3)cc2F)cc1F.CCc1cc(OC)c(Oc2ccc(C(=O)N3CCN(C)C(=O)C3)cc2F)cc1F. The molecule has 2 fully saturated rings. The summed E-state index contributed by atoms with van der Waals surface area (Å²) in [5.74, 6) is -4.58. The van der Waals surface area contributed by atoms with Gasteiger partial charge in [-0.2, -0.15) is 0 Å². The number of hydrogen-bond donors (Lipinski definition) is 1. The van der Waals surface area contributed by atoms with Gasteiger partial charge in [-0.15, -0.1) is 0 Å². The van der Waals surface area contributed by atoms with Gasteiger partial charge in [-0.1, -0.05) is 13.8 Å². The van der Waals surface area contributed by atoms with Gasteiger partial charge in [0.1, 0.15) is 24.7 Å². The molecule has 6 rings (SSSR count). The first-order chi connectivity index (χ1) is 27.1. The van der Waals surface area contributed by atoms with Gasteiger partial charge in [-0.25, -0.2) is 17.6 Å². The fraction of sp³-hybridized carbons (Fsp3) is 0.317. The van der Waals surface area contributed by atoms with E-state index in [1.165, 1.54) is 63.1 Å². The van der Waals surface area contributed by atoms with Crippen molar-refractivity contribution in [3.63, 3.8) is 0 Å². The maximum absolute atomic E-state index is 14.6. The van der Waals surface area contributed by atoms with Gasteiger partial charge in [0.25, 0.3) is 11.8 Å². The van der Waals surface area contributed by atoms with Crippen molar-refractivity contribution in [2.24, 2.45) is 0 Å². The summed E-state index contributed by atoms with van der Waals surface area (Å²) in [7, 11) is 4.73. The lowest BCUT2D eigenvalue weighted by Gasteiger charge is -2.32. The minimum absolute atomic E-state index is 0.0323. The van der Waals surface area contributed by atoms with E-state index in [9.17, 15) is 41.8 Å². The molecule has 302 valence electrons. The van der Waals surface area contributed by atoms with Crippen LogP contribution in [0.15, 0.2) is 60.7 Å². The highest BCUT2D eigenvalue weighted by atomic mass is 19.1. The molecular weight excluding hydrogens is 752 g/mol. The molecule has 4 amide bonds. The van der Waals surface area contributed by atoms with Crippen molar-refractivity contribution >= 4 is 23.6 Å². The lowest BCUT2D eigenvalue weighted by Crippen LogP contribution is -2.50. The van der Waals surface area contributed by atoms with E-state index in [4.69, 9.17) is 14.2 Å². The van der Waals surface area contributed by atoms with E-state index < -0.39 is 35.1 Å². The second kappa shape index (κ2) is 18.1. The first-order valence-electron chi connectivity index (χ1n) is 18.0. The van der Waals surface area contributed by atoms with E-state index in [0.29, 0.717) is 50.1 Å². The Bertz CT molecular complexity index is 2190. The number of benzene rings is 4. The number of likely N-dealkylation sites (N-methyl/N-ethyl adjacent to an activating group) is 2. The molecule has 0 atom stereocenters. The van der Waals surface area contributed by atoms with Gasteiger partial charge < -0.3 is 38.9 Å². The average Bonchev–Trinajstić information content (AvgIpc) is 3.19. The standard InChI is InChI=1S/C21H22F2N2O4.C20H20F2N2O4/c1-4-13-10-18(28-3)19(11-15(13)22)29-17-6-5-14(9-16(17)23)21(27)25-8-7-24(2)20(26)12-25;1-3-12-9-16(25)18(10-14(12)21)28-17-5-4-13(8-15(17)22)20(27)24-7-6-23(2)19(26)11-24/h5-6,9-11H,4,7-8,12H2,1-3H3;4-5,8-10,25H,3,6-7,11H2,1-2H3. The number of aromatic hydroxyl groups is 1. The predicted molar refractivity (Wildman–Crippen MR) is 200 cm³/mol. The van der Waals surface area contributed by atoms with Gasteiger partial charge >= 0.3 is 0 Å². The Morgan fingerprint density at radius 2 is 1.04 bits per heavy atom. The van der Waals surface area contributed by atoms with Crippen LogP contribution in [0.3, 0.4) is 0 Å². The van der Waals surface area contributed by atoms with Gasteiger partial charge in [0.05, 0.1) is 7.11 Å². The molecule has 2 aliphatic rings. The molecule has 0 saturated carbocycles. The monoisotopic (exact) mass is 794 g/mol. The zero-order valence-corrected chi connectivity index (χ0v) is 32.0. The smallest absolute Gasteiger partial charge is 0.254 e. The lowest BCUT2D eigenvalue weighted by atomic mass is 10.1. The summed E-state index contributed by atoms with van der Waals surface area (Å²) in [5, 5.41) is 9.95. The van der Waals surface area contributed by atoms with Gasteiger partial charge in [0, 0.05) is 63.5 Å². The molecule has 0 aromatic heterocycles. The summed E-state index contributed by atoms with van der Waals surface area (Å²) in [5.41, 5.74) is 0.941. The summed E-state index contributed by atoms with van der Waals surface area (Å²) in [6.45, 7) is 5.00. The fourth-order valence-electron chi connectivity index (χ4n) is 5.93. The molecule has 4 aromatic carbocycles. The maximum atomic E-state index is 14.6. The minimum Gasteiger partial charge on any atom is -0.504 e. The molecule has 2 heterocycles. The highest BCUT2D eigenvalue weighted by Crippen LogP contribution is 2.36. The summed E-state index contributed by atoms with van der Waals surface area (Å²) in [6.07, 6.45) is 0.863. The van der Waals surface area contributed by atoms with Crippen LogP contribution in [-0.2, 0) is 22.4 Å². The van der Waals surface area contributed by atoms with Crippen LogP contribution in [0.2, 0.25) is 0 Å². The molecule has 2 aliphatic heterocycles. The van der Waals surface area contributed by atoms with E-state index in [-0.39, 0.29) is 70.5 Å². The number of aryl methyl sites for hydroxylation is 2. The number of carbonyl (C=O) groups is 4. The molecule has 0 bridgehead atoms. The summed E-state index contributed by atoms with van der Waals surface area (Å²) >= 11 is 0. The number of phenolic OH excluding ortho intramolecular Hbond substituents is 1. The van der Waals surface area contributed by atoms with Crippen LogP contribution in [0.4, 0.5) is 17.6 Å². The summed E-state index contributed by atoms with van der Waals surface area (Å²) < 4.78 is 73.0. The number of ether oxygens (including phenoxy) is 3. The van der Waals surface area contributed by atoms with Crippen molar-refractivity contribution in [3.05, 3.63) is 106 Å². The largest absolute Gasteiger partial charge is 0.504 e. The van der Waals surface area contributed by atoms with Crippen LogP contribution < -0.4 is 14.2 Å². The third-order valence-electron chi connectivity index (χ3n) is 9.51. The number of piperazine rings is 2. The van der Waals surface area contributed by atoms with E-state index in [1.54, 1.807) is 21.0 Å². The van der Waals surface area contributed by atoms with Crippen molar-refractivity contribution in [2.75, 3.05) is 60.5 Å². The third kappa shape index (κ3) is 9.74. The predicted octanol–water partition coefficient (Wildman–Crippen LogP) is 6.18. The van der Waals surface area contributed by atoms with E-state index in [1.807, 2.05) is 6.92 Å². The van der Waals surface area contributed by atoms with Crippen LogP contribution >= 0.6 is 0 Å². The van der Waals surface area contributed by atoms with E-state index in [2.05, 4.69) is 0 Å². The zero-order valence-electron chi connectivity index (χ0n) is 32.0. The van der Waals surface area contributed by atoms with Crippen molar-refractivity contribution in [2.45, 2.75) is 26.7 Å². The van der Waals surface area contributed by atoms with Crippen LogP contribution in [-0.4, -0.2) is 109 Å². The van der Waals surface area contributed by atoms with Gasteiger partial charge in [-0.3, -0.25) is 19.2 Å². The maximum Gasteiger partial charge on any atom is 0.254 e. The topological polar surface area (TPSA) is 129 Å². The summed E-state index contributed by atoms with van der Waals surface area (Å²) in [6, 6.07) is 12.2. The molecule has 0 spiro atoms. The second-order valence-corrected chi connectivity index (χ2v) is 13.3. The first-order valence-corrected chi connectivity index (χ1v) is 18.0. The number of carbonyl (C=O) groups excluding carboxylic acids is 4. The van der Waals surface area contributed by atoms with Gasteiger partial charge in [-0.05, 0) is 72.5 Å². The lowest BCUT2D eigenvalue weighted by molar-refractivity contribution is -0.134. The Hall–Kier alpha value is -6.32. The Kier molecular flexibility index (Phi) is 13.3. The molecule has 2 saturated heterocycles. The molecule has 4 aromatic rings. The van der Waals surface area contributed by atoms with Gasteiger partial charge in [0.15, 0.2) is 46.1 Å². The van der Waals surface area contributed by atoms with Crippen LogP contribution in [0.1, 0.15) is 45.7 Å². The molecule has 0 aliphatic carbocycles. The van der Waals surface area contributed by atoms with Crippen LogP contribution in [0, 0.1) is 23.3 Å². The Labute approximate surface area is 326 Å². The normalized spacial score (nSPS) is 14.3. The van der Waals surface area contributed by atoms with Crippen molar-refractivity contribution in [3.8, 4) is 34.5 Å². The first kappa shape index (κ1) is 41.8. The number of halogens is 4. The average molecular weight is 795 g/mol. The van der Waals surface area contributed by atoms with E-state index in [0.717, 1.165) is 24.3 Å². The fourth-order valence-corrected chi connectivity index (χ4v) is 5.93. The van der Waals surface area contributed by atoms with Crippen molar-refractivity contribution < 1.29 is 56.1 Å². The number of hydrogen-bond acceptors (Lipinski definition) is 8. The number of nitrogens with zero attached hydrogens (tertiary/aromatic N) is 4. The van der Waals surface area contributed by atoms with E-state index >= 15 is 0 Å². The molecule has 0 radical (unpaired) electrons. The number of phenols is 1. The highest BCUT2D eigenvalue weighted by molar-refractivity contribution is 5.98. The number of methoxy groups -OCH3 is 1. The van der Waals surface area contributed by atoms with Crippen LogP contribution in [0.5, 0.6) is 34.5 Å². The van der Waals surface area contributed by atoms with Crippen LogP contribution in [0.25, 0.3) is 0 Å². The minimum atomic E-state index is -0.842. The number of amides is 4. The molecule has 16 heteroatoms. The van der Waals surface area contributed by atoms with Crippen molar-refractivity contribution in [1.29, 1.82) is 0 Å². The Balaban J connectivity index is 0.000000218.